The smallest absolute Gasteiger partial charge is 0.191 e. The van der Waals surface area contributed by atoms with Crippen LogP contribution in [0.5, 0.6) is 0 Å². The number of nitrogens with zero attached hydrogens (tertiary/aromatic N) is 2. The molecule has 1 aromatic carbocycles. The third-order valence-electron chi connectivity index (χ3n) is 5.50. The van der Waals surface area contributed by atoms with Gasteiger partial charge in [0.15, 0.2) is 28.4 Å². The first-order valence-electron chi connectivity index (χ1n) is 11.4. The number of ether oxygens (including phenoxy) is 1. The molecule has 5 N–H and O–H groups in total. The highest BCUT2D eigenvalue weighted by molar-refractivity contribution is 7.99. The summed E-state index contributed by atoms with van der Waals surface area (Å²) in [4.78, 5) is 9.18. The number of nitrogens with two attached hydrogens (primary N) is 1. The zero-order chi connectivity index (χ0) is 23.8. The Kier molecular flexibility index (Phi) is 9.52. The second kappa shape index (κ2) is 12.3. The van der Waals surface area contributed by atoms with Gasteiger partial charge in [-0.05, 0) is 43.4 Å². The second-order valence-electron chi connectivity index (χ2n) is 8.07. The van der Waals surface area contributed by atoms with Gasteiger partial charge in [0.05, 0.1) is 19.3 Å². The molecule has 3 atom stereocenters. The molecular formula is C23H33F2N5O2S. The lowest BCUT2D eigenvalue weighted by molar-refractivity contribution is 0.0241. The molecule has 2 unspecified atom stereocenters. The Morgan fingerprint density at radius 3 is 2.73 bits per heavy atom. The number of anilines is 3. The molecule has 0 aliphatic heterocycles. The summed E-state index contributed by atoms with van der Waals surface area (Å²) in [7, 11) is 0. The molecule has 33 heavy (non-hydrogen) atoms. The van der Waals surface area contributed by atoms with Crippen molar-refractivity contribution in [2.45, 2.75) is 62.8 Å². The van der Waals surface area contributed by atoms with Crippen molar-refractivity contribution in [2.75, 3.05) is 41.9 Å². The van der Waals surface area contributed by atoms with Gasteiger partial charge in [0.2, 0.25) is 0 Å². The molecule has 1 aromatic heterocycles. The largest absolute Gasteiger partial charge is 0.394 e. The predicted molar refractivity (Wildman–Crippen MR) is 129 cm³/mol. The zero-order valence-electron chi connectivity index (χ0n) is 19.1. The fourth-order valence-electron chi connectivity index (χ4n) is 3.57. The normalized spacial score (nSPS) is 18.2. The van der Waals surface area contributed by atoms with E-state index >= 15 is 0 Å². The average molecular weight is 482 g/mol. The van der Waals surface area contributed by atoms with Crippen molar-refractivity contribution in [2.24, 2.45) is 0 Å². The molecule has 1 heterocycles. The molecule has 10 heteroatoms. The van der Waals surface area contributed by atoms with Crippen LogP contribution in [0.25, 0.3) is 0 Å². The Labute approximate surface area is 197 Å². The molecule has 1 fully saturated rings. The fourth-order valence-corrected chi connectivity index (χ4v) is 4.27. The number of nitrogen functional groups attached to an aromatic ring is 1. The van der Waals surface area contributed by atoms with Crippen LogP contribution < -0.4 is 16.4 Å². The third-order valence-corrected chi connectivity index (χ3v) is 6.56. The SMILES string of the molecule is CCCSc1nc(NCCC(CC)OCCO)c(N)c(NC2C[C@H]2c2ccc(F)c(F)c2)n1. The number of rotatable bonds is 14. The Balaban J connectivity index is 1.68. The number of aliphatic hydroxyl groups is 1. The first-order chi connectivity index (χ1) is 16.0. The van der Waals surface area contributed by atoms with E-state index in [0.717, 1.165) is 43.1 Å². The number of nitrogens with one attached hydrogen (secondary N) is 2. The Bertz CT molecular complexity index is 921. The Morgan fingerprint density at radius 1 is 1.24 bits per heavy atom. The summed E-state index contributed by atoms with van der Waals surface area (Å²) in [6, 6.07) is 4.07. The van der Waals surface area contributed by atoms with E-state index in [4.69, 9.17) is 15.6 Å². The van der Waals surface area contributed by atoms with Crippen molar-refractivity contribution in [1.82, 2.24) is 9.97 Å². The van der Waals surface area contributed by atoms with E-state index < -0.39 is 11.6 Å². The summed E-state index contributed by atoms with van der Waals surface area (Å²) in [5.74, 6) is 0.392. The minimum absolute atomic E-state index is 0.00253. The Hall–Kier alpha value is -2.17. The van der Waals surface area contributed by atoms with Crippen molar-refractivity contribution in [1.29, 1.82) is 0 Å². The van der Waals surface area contributed by atoms with E-state index in [1.165, 1.54) is 6.07 Å². The van der Waals surface area contributed by atoms with Crippen LogP contribution in [0, 0.1) is 11.6 Å². The van der Waals surface area contributed by atoms with Gasteiger partial charge in [-0.25, -0.2) is 18.7 Å². The monoisotopic (exact) mass is 481 g/mol. The van der Waals surface area contributed by atoms with Crippen LogP contribution in [0.1, 0.15) is 51.0 Å². The molecule has 0 spiro atoms. The zero-order valence-corrected chi connectivity index (χ0v) is 19.9. The first-order valence-corrected chi connectivity index (χ1v) is 12.4. The maximum Gasteiger partial charge on any atom is 0.191 e. The summed E-state index contributed by atoms with van der Waals surface area (Å²) in [6.45, 7) is 5.07. The number of thioether (sulfide) groups is 1. The van der Waals surface area contributed by atoms with Gasteiger partial charge in [-0.15, -0.1) is 0 Å². The van der Waals surface area contributed by atoms with Crippen molar-refractivity contribution < 1.29 is 18.6 Å². The van der Waals surface area contributed by atoms with Crippen molar-refractivity contribution in [3.8, 4) is 0 Å². The minimum Gasteiger partial charge on any atom is -0.394 e. The number of halogens is 2. The lowest BCUT2D eigenvalue weighted by Gasteiger charge is -2.18. The van der Waals surface area contributed by atoms with Gasteiger partial charge >= 0.3 is 0 Å². The summed E-state index contributed by atoms with van der Waals surface area (Å²) in [5, 5.41) is 16.2. The Morgan fingerprint density at radius 2 is 2.03 bits per heavy atom. The minimum atomic E-state index is -0.843. The van der Waals surface area contributed by atoms with Gasteiger partial charge in [0.25, 0.3) is 0 Å². The van der Waals surface area contributed by atoms with E-state index in [1.807, 2.05) is 6.92 Å². The first kappa shape index (κ1) is 25.5. The van der Waals surface area contributed by atoms with Crippen LogP contribution in [-0.4, -0.2) is 52.7 Å². The predicted octanol–water partition coefficient (Wildman–Crippen LogP) is 4.40. The lowest BCUT2D eigenvalue weighted by Crippen LogP contribution is -2.20. The van der Waals surface area contributed by atoms with E-state index in [0.29, 0.717) is 35.6 Å². The molecule has 0 saturated heterocycles. The van der Waals surface area contributed by atoms with Gasteiger partial charge in [-0.1, -0.05) is 31.7 Å². The summed E-state index contributed by atoms with van der Waals surface area (Å²) < 4.78 is 32.5. The maximum atomic E-state index is 13.6. The van der Waals surface area contributed by atoms with Gasteiger partial charge in [0.1, 0.15) is 5.69 Å². The standard InChI is InChI=1S/C23H33F2N5O2S/c1-3-11-33-23-29-21(27-8-7-15(4-2)32-10-9-31)20(26)22(30-23)28-19-13-16(19)14-5-6-17(24)18(25)12-14/h5-6,12,15-16,19,31H,3-4,7-11,13,26H2,1-2H3,(H2,27,28,29,30)/t15?,16-,19?/m0/s1. The van der Waals surface area contributed by atoms with E-state index in [1.54, 1.807) is 17.8 Å². The highest BCUT2D eigenvalue weighted by Crippen LogP contribution is 2.44. The van der Waals surface area contributed by atoms with Crippen LogP contribution >= 0.6 is 11.8 Å². The number of benzene rings is 1. The molecule has 1 aliphatic rings. The third kappa shape index (κ3) is 7.15. The molecule has 0 amide bonds. The molecule has 2 aromatic rings. The molecule has 182 valence electrons. The highest BCUT2D eigenvalue weighted by Gasteiger charge is 2.39. The van der Waals surface area contributed by atoms with Crippen molar-refractivity contribution in [3.05, 3.63) is 35.4 Å². The van der Waals surface area contributed by atoms with Crippen LogP contribution in [0.3, 0.4) is 0 Å². The van der Waals surface area contributed by atoms with E-state index in [9.17, 15) is 8.78 Å². The van der Waals surface area contributed by atoms with E-state index in [-0.39, 0.29) is 24.7 Å². The van der Waals surface area contributed by atoms with Crippen molar-refractivity contribution >= 4 is 29.1 Å². The van der Waals surface area contributed by atoms with Crippen LogP contribution in [0.4, 0.5) is 26.1 Å². The average Bonchev–Trinajstić information content (AvgIpc) is 3.58. The summed E-state index contributed by atoms with van der Waals surface area (Å²) in [6.07, 6.45) is 3.42. The van der Waals surface area contributed by atoms with E-state index in [2.05, 4.69) is 27.5 Å². The quantitative estimate of drug-likeness (QED) is 0.233. The summed E-state index contributed by atoms with van der Waals surface area (Å²) >= 11 is 1.56. The molecule has 7 nitrogen and oxygen atoms in total. The number of aromatic nitrogens is 2. The molecule has 1 aliphatic carbocycles. The molecule has 1 saturated carbocycles. The fraction of sp³-hybridized carbons (Fsp3) is 0.565. The van der Waals surface area contributed by atoms with Crippen molar-refractivity contribution in [3.63, 3.8) is 0 Å². The molecule has 3 rings (SSSR count). The van der Waals surface area contributed by atoms with Crippen LogP contribution in [0.15, 0.2) is 23.4 Å². The lowest BCUT2D eigenvalue weighted by atomic mass is 10.1. The number of hydrogen-bond acceptors (Lipinski definition) is 8. The van der Waals surface area contributed by atoms with Crippen LogP contribution in [-0.2, 0) is 4.74 Å². The molecular weight excluding hydrogens is 448 g/mol. The maximum absolute atomic E-state index is 13.6. The molecule has 0 bridgehead atoms. The number of hydrogen-bond donors (Lipinski definition) is 4. The van der Waals surface area contributed by atoms with Gasteiger partial charge in [-0.2, -0.15) is 0 Å². The number of aliphatic hydroxyl groups excluding tert-OH is 1. The van der Waals surface area contributed by atoms with Gasteiger partial charge in [-0.3, -0.25) is 0 Å². The van der Waals surface area contributed by atoms with Gasteiger partial charge < -0.3 is 26.2 Å². The second-order valence-corrected chi connectivity index (χ2v) is 9.13. The van der Waals surface area contributed by atoms with Crippen LogP contribution in [0.2, 0.25) is 0 Å². The topological polar surface area (TPSA) is 105 Å². The summed E-state index contributed by atoms with van der Waals surface area (Å²) in [5.41, 5.74) is 7.56. The molecule has 0 radical (unpaired) electrons. The van der Waals surface area contributed by atoms with Gasteiger partial charge in [0, 0.05) is 24.3 Å². The highest BCUT2D eigenvalue weighted by atomic mass is 32.2.